The van der Waals surface area contributed by atoms with Crippen LogP contribution >= 0.6 is 0 Å². The van der Waals surface area contributed by atoms with Gasteiger partial charge in [-0.1, -0.05) is 36.4 Å². The van der Waals surface area contributed by atoms with Gasteiger partial charge in [-0.15, -0.1) is 0 Å². The van der Waals surface area contributed by atoms with Crippen LogP contribution in [0.1, 0.15) is 12.5 Å². The number of carbonyl (C=O) groups is 1. The van der Waals surface area contributed by atoms with E-state index in [-0.39, 0.29) is 11.7 Å². The summed E-state index contributed by atoms with van der Waals surface area (Å²) < 4.78 is 13.0. The maximum Gasteiger partial charge on any atom is 0.251 e. The van der Waals surface area contributed by atoms with Crippen molar-refractivity contribution in [2.45, 2.75) is 6.92 Å². The zero-order valence-electron chi connectivity index (χ0n) is 10.6. The number of halogens is 1. The highest BCUT2D eigenvalue weighted by atomic mass is 19.1. The van der Waals surface area contributed by atoms with Crippen LogP contribution in [0.5, 0.6) is 0 Å². The summed E-state index contributed by atoms with van der Waals surface area (Å²) in [7, 11) is 0. The van der Waals surface area contributed by atoms with Gasteiger partial charge in [-0.05, 0) is 36.8 Å². The average Bonchev–Trinajstić information content (AvgIpc) is 2.40. The maximum absolute atomic E-state index is 13.0. The summed E-state index contributed by atoms with van der Waals surface area (Å²) in [5.41, 5.74) is 1.97. The Balaban J connectivity index is 2.10. The van der Waals surface area contributed by atoms with Gasteiger partial charge in [-0.25, -0.2) is 4.39 Å². The summed E-state index contributed by atoms with van der Waals surface area (Å²) in [6, 6.07) is 15.4. The monoisotopic (exact) mass is 255 g/mol. The van der Waals surface area contributed by atoms with Gasteiger partial charge in [-0.2, -0.15) is 0 Å². The molecule has 2 rings (SSSR count). The summed E-state index contributed by atoms with van der Waals surface area (Å²) in [5.74, 6) is -0.614. The molecule has 0 atom stereocenters. The van der Waals surface area contributed by atoms with Gasteiger partial charge in [0.05, 0.1) is 0 Å². The Hall–Kier alpha value is -2.42. The van der Waals surface area contributed by atoms with Crippen LogP contribution < -0.4 is 5.32 Å². The zero-order chi connectivity index (χ0) is 13.7. The van der Waals surface area contributed by atoms with Crippen LogP contribution in [-0.2, 0) is 4.79 Å². The second-order valence-electron chi connectivity index (χ2n) is 4.20. The van der Waals surface area contributed by atoms with Gasteiger partial charge < -0.3 is 5.32 Å². The van der Waals surface area contributed by atoms with Crippen LogP contribution in [-0.4, -0.2) is 5.91 Å². The molecule has 19 heavy (non-hydrogen) atoms. The van der Waals surface area contributed by atoms with E-state index < -0.39 is 0 Å². The van der Waals surface area contributed by atoms with E-state index in [9.17, 15) is 9.18 Å². The van der Waals surface area contributed by atoms with Crippen molar-refractivity contribution >= 4 is 17.7 Å². The van der Waals surface area contributed by atoms with Gasteiger partial charge in [0.15, 0.2) is 0 Å². The molecule has 0 saturated carbocycles. The smallest absolute Gasteiger partial charge is 0.251 e. The van der Waals surface area contributed by atoms with Gasteiger partial charge in [-0.3, -0.25) is 4.79 Å². The molecule has 0 aliphatic rings. The summed E-state index contributed by atoms with van der Waals surface area (Å²) >= 11 is 0. The Bertz CT molecular complexity index is 605. The normalized spacial score (nSPS) is 11.2. The number of amides is 1. The summed E-state index contributed by atoms with van der Waals surface area (Å²) in [6.07, 6.45) is 1.79. The van der Waals surface area contributed by atoms with Crippen molar-refractivity contribution in [3.8, 4) is 0 Å². The number of benzene rings is 2. The van der Waals surface area contributed by atoms with Crippen molar-refractivity contribution in [2.24, 2.45) is 0 Å². The van der Waals surface area contributed by atoms with E-state index >= 15 is 0 Å². The molecule has 2 nitrogen and oxygen atoms in total. The Labute approximate surface area is 111 Å². The second kappa shape index (κ2) is 5.96. The number of anilines is 1. The molecule has 0 heterocycles. The fourth-order valence-corrected chi connectivity index (χ4v) is 1.66. The first-order valence-corrected chi connectivity index (χ1v) is 5.95. The Morgan fingerprint density at radius 2 is 1.84 bits per heavy atom. The van der Waals surface area contributed by atoms with E-state index in [1.165, 1.54) is 12.1 Å². The van der Waals surface area contributed by atoms with Crippen LogP contribution in [0.3, 0.4) is 0 Å². The van der Waals surface area contributed by atoms with Gasteiger partial charge in [0, 0.05) is 11.3 Å². The van der Waals surface area contributed by atoms with Gasteiger partial charge in [0.2, 0.25) is 0 Å². The summed E-state index contributed by atoms with van der Waals surface area (Å²) in [6.45, 7) is 1.72. The Kier molecular flexibility index (Phi) is 4.08. The topological polar surface area (TPSA) is 29.1 Å². The highest BCUT2D eigenvalue weighted by Crippen LogP contribution is 2.12. The van der Waals surface area contributed by atoms with Gasteiger partial charge in [0.25, 0.3) is 5.91 Å². The lowest BCUT2D eigenvalue weighted by Gasteiger charge is -2.05. The lowest BCUT2D eigenvalue weighted by atomic mass is 10.1. The van der Waals surface area contributed by atoms with Gasteiger partial charge in [0.1, 0.15) is 5.82 Å². The van der Waals surface area contributed by atoms with Crippen LogP contribution in [0.4, 0.5) is 10.1 Å². The molecule has 0 spiro atoms. The molecular formula is C16H14FNO. The van der Waals surface area contributed by atoms with E-state index in [1.54, 1.807) is 25.1 Å². The maximum atomic E-state index is 13.0. The fourth-order valence-electron chi connectivity index (χ4n) is 1.66. The molecule has 0 unspecified atom stereocenters. The first-order chi connectivity index (χ1) is 9.15. The zero-order valence-corrected chi connectivity index (χ0v) is 10.6. The molecular weight excluding hydrogens is 241 g/mol. The number of nitrogens with one attached hydrogen (secondary N) is 1. The van der Waals surface area contributed by atoms with Crippen molar-refractivity contribution in [3.05, 3.63) is 71.6 Å². The van der Waals surface area contributed by atoms with Crippen molar-refractivity contribution in [1.29, 1.82) is 0 Å². The van der Waals surface area contributed by atoms with Crippen molar-refractivity contribution < 1.29 is 9.18 Å². The molecule has 96 valence electrons. The summed E-state index contributed by atoms with van der Waals surface area (Å²) in [5, 5.41) is 2.66. The molecule has 0 fully saturated rings. The molecule has 0 radical (unpaired) electrons. The standard InChI is InChI=1S/C16H14FNO/c1-12(10-13-6-3-2-4-7-13)16(19)18-15-9-5-8-14(17)11-15/h2-11H,1H3,(H,18,19)/b12-10+. The predicted octanol–water partition coefficient (Wildman–Crippen LogP) is 3.87. The molecule has 1 N–H and O–H groups in total. The van der Waals surface area contributed by atoms with Crippen molar-refractivity contribution in [1.82, 2.24) is 0 Å². The average molecular weight is 255 g/mol. The minimum atomic E-state index is -0.373. The largest absolute Gasteiger partial charge is 0.322 e. The molecule has 0 aliphatic carbocycles. The minimum absolute atomic E-state index is 0.241. The molecule has 0 bridgehead atoms. The number of hydrogen-bond acceptors (Lipinski definition) is 1. The molecule has 0 saturated heterocycles. The third-order valence-corrected chi connectivity index (χ3v) is 2.62. The third kappa shape index (κ3) is 3.78. The van der Waals surface area contributed by atoms with E-state index in [4.69, 9.17) is 0 Å². The van der Waals surface area contributed by atoms with Crippen LogP contribution in [0.2, 0.25) is 0 Å². The minimum Gasteiger partial charge on any atom is -0.322 e. The number of rotatable bonds is 3. The van der Waals surface area contributed by atoms with Crippen molar-refractivity contribution in [2.75, 3.05) is 5.32 Å². The number of hydrogen-bond donors (Lipinski definition) is 1. The molecule has 3 heteroatoms. The predicted molar refractivity (Wildman–Crippen MR) is 75.1 cm³/mol. The molecule has 1 amide bonds. The second-order valence-corrected chi connectivity index (χ2v) is 4.20. The van der Waals surface area contributed by atoms with Gasteiger partial charge >= 0.3 is 0 Å². The van der Waals surface area contributed by atoms with E-state index in [2.05, 4.69) is 5.32 Å². The van der Waals surface area contributed by atoms with E-state index in [0.717, 1.165) is 5.56 Å². The molecule has 0 aromatic heterocycles. The highest BCUT2D eigenvalue weighted by molar-refractivity contribution is 6.06. The quantitative estimate of drug-likeness (QED) is 0.829. The Morgan fingerprint density at radius 1 is 1.11 bits per heavy atom. The molecule has 0 aliphatic heterocycles. The van der Waals surface area contributed by atoms with E-state index in [0.29, 0.717) is 11.3 Å². The lowest BCUT2D eigenvalue weighted by Crippen LogP contribution is -2.12. The molecule has 2 aromatic rings. The first-order valence-electron chi connectivity index (χ1n) is 5.95. The van der Waals surface area contributed by atoms with Crippen molar-refractivity contribution in [3.63, 3.8) is 0 Å². The third-order valence-electron chi connectivity index (χ3n) is 2.62. The molecule has 2 aromatic carbocycles. The van der Waals surface area contributed by atoms with E-state index in [1.807, 2.05) is 30.3 Å². The lowest BCUT2D eigenvalue weighted by molar-refractivity contribution is -0.112. The SMILES string of the molecule is C/C(=C\c1ccccc1)C(=O)Nc1cccc(F)c1. The van der Waals surface area contributed by atoms with Crippen LogP contribution in [0, 0.1) is 5.82 Å². The highest BCUT2D eigenvalue weighted by Gasteiger charge is 2.05. The van der Waals surface area contributed by atoms with Crippen LogP contribution in [0.15, 0.2) is 60.2 Å². The number of carbonyl (C=O) groups excluding carboxylic acids is 1. The fraction of sp³-hybridized carbons (Fsp3) is 0.0625. The first kappa shape index (κ1) is 13.0. The Morgan fingerprint density at radius 3 is 2.53 bits per heavy atom. The summed E-state index contributed by atoms with van der Waals surface area (Å²) in [4.78, 5) is 11.9. The van der Waals surface area contributed by atoms with Crippen LogP contribution in [0.25, 0.3) is 6.08 Å².